The number of rotatable bonds is 18. The summed E-state index contributed by atoms with van der Waals surface area (Å²) in [6.45, 7) is 4.99. The van der Waals surface area contributed by atoms with Crippen molar-refractivity contribution in [3.63, 3.8) is 0 Å². The molecule has 0 radical (unpaired) electrons. The summed E-state index contributed by atoms with van der Waals surface area (Å²) in [6.07, 6.45) is 18.9. The number of thiocarbonyl (C=S) groups is 1. The number of para-hydroxylation sites is 1. The minimum atomic E-state index is -0.235. The Morgan fingerprint density at radius 1 is 0.839 bits per heavy atom. The third kappa shape index (κ3) is 15.8. The molecule has 0 aliphatic heterocycles. The highest BCUT2D eigenvalue weighted by molar-refractivity contribution is 7.80. The van der Waals surface area contributed by atoms with Crippen molar-refractivity contribution < 1.29 is 9.53 Å². The number of amides is 1. The molecule has 5 heteroatoms. The minimum Gasteiger partial charge on any atom is -0.483 e. The summed E-state index contributed by atoms with van der Waals surface area (Å²) in [5.74, 6) is 0.487. The van der Waals surface area contributed by atoms with Gasteiger partial charge in [-0.3, -0.25) is 4.79 Å². The van der Waals surface area contributed by atoms with Crippen molar-refractivity contribution in [2.45, 2.75) is 104 Å². The fourth-order valence-corrected chi connectivity index (χ4v) is 3.81. The Hall–Kier alpha value is -1.62. The van der Waals surface area contributed by atoms with Crippen LogP contribution in [0.15, 0.2) is 24.3 Å². The number of carbonyl (C=O) groups is 1. The molecule has 1 rings (SSSR count). The van der Waals surface area contributed by atoms with Crippen molar-refractivity contribution in [3.05, 3.63) is 29.8 Å². The zero-order valence-corrected chi connectivity index (χ0v) is 20.7. The van der Waals surface area contributed by atoms with Crippen LogP contribution in [0.4, 0.5) is 0 Å². The molecule has 0 bridgehead atoms. The van der Waals surface area contributed by atoms with Crippen molar-refractivity contribution in [1.29, 1.82) is 0 Å². The Morgan fingerprint density at radius 2 is 1.35 bits per heavy atom. The molecule has 0 aromatic heterocycles. The highest BCUT2D eigenvalue weighted by Crippen LogP contribution is 2.15. The maximum atomic E-state index is 11.9. The normalized spacial score (nSPS) is 10.6. The van der Waals surface area contributed by atoms with E-state index in [0.29, 0.717) is 5.11 Å². The highest BCUT2D eigenvalue weighted by Gasteiger charge is 2.06. The second-order valence-electron chi connectivity index (χ2n) is 8.45. The molecule has 0 unspecified atom stereocenters. The average Bonchev–Trinajstić information content (AvgIpc) is 2.76. The molecule has 0 saturated carbocycles. The Balaban J connectivity index is 1.87. The summed E-state index contributed by atoms with van der Waals surface area (Å²) in [7, 11) is 0. The summed E-state index contributed by atoms with van der Waals surface area (Å²) in [5.41, 5.74) is 1.01. The molecule has 2 N–H and O–H groups in total. The molecule has 0 fully saturated rings. The second-order valence-corrected chi connectivity index (χ2v) is 8.86. The standard InChI is InChI=1S/C26H44N2O2S/c1-3-4-5-6-7-8-9-10-11-12-13-14-15-18-21-27-26(31)28-25(29)22-30-24-20-17-16-19-23(24)2/h16-17,19-20H,3-15,18,21-22H2,1-2H3,(H2,27,28,29,31). The smallest absolute Gasteiger partial charge is 0.264 e. The van der Waals surface area contributed by atoms with Gasteiger partial charge in [-0.15, -0.1) is 0 Å². The second kappa shape index (κ2) is 19.1. The van der Waals surface area contributed by atoms with E-state index >= 15 is 0 Å². The molecule has 0 saturated heterocycles. The third-order valence-corrected chi connectivity index (χ3v) is 5.77. The molecule has 1 amide bonds. The van der Waals surface area contributed by atoms with E-state index in [-0.39, 0.29) is 12.5 Å². The molecule has 31 heavy (non-hydrogen) atoms. The first-order valence-electron chi connectivity index (χ1n) is 12.4. The summed E-state index contributed by atoms with van der Waals surface area (Å²) >= 11 is 5.19. The van der Waals surface area contributed by atoms with Gasteiger partial charge in [0, 0.05) is 6.54 Å². The lowest BCUT2D eigenvalue weighted by atomic mass is 10.0. The number of ether oxygens (including phenoxy) is 1. The molecule has 176 valence electrons. The SMILES string of the molecule is CCCCCCCCCCCCCCCCNC(=S)NC(=O)COc1ccccc1C. The van der Waals surface area contributed by atoms with E-state index in [0.717, 1.165) is 24.3 Å². The first kappa shape index (κ1) is 27.4. The average molecular weight is 449 g/mol. The van der Waals surface area contributed by atoms with Crippen molar-refractivity contribution in [3.8, 4) is 5.75 Å². The number of hydrogen-bond acceptors (Lipinski definition) is 3. The zero-order chi connectivity index (χ0) is 22.6. The van der Waals surface area contributed by atoms with Gasteiger partial charge in [0.25, 0.3) is 5.91 Å². The summed E-state index contributed by atoms with van der Waals surface area (Å²) in [4.78, 5) is 11.9. The van der Waals surface area contributed by atoms with Crippen molar-refractivity contribution in [1.82, 2.24) is 10.6 Å². The van der Waals surface area contributed by atoms with Gasteiger partial charge in [-0.05, 0) is 37.2 Å². The highest BCUT2D eigenvalue weighted by atomic mass is 32.1. The van der Waals surface area contributed by atoms with E-state index < -0.39 is 0 Å². The molecule has 4 nitrogen and oxygen atoms in total. The number of benzene rings is 1. The summed E-state index contributed by atoms with van der Waals surface area (Å²) < 4.78 is 5.53. The van der Waals surface area contributed by atoms with Crippen molar-refractivity contribution in [2.75, 3.05) is 13.2 Å². The quantitative estimate of drug-likeness (QED) is 0.190. The predicted molar refractivity (Wildman–Crippen MR) is 136 cm³/mol. The van der Waals surface area contributed by atoms with Gasteiger partial charge in [-0.25, -0.2) is 0 Å². The van der Waals surface area contributed by atoms with Gasteiger partial charge >= 0.3 is 0 Å². The van der Waals surface area contributed by atoms with Crippen LogP contribution in [-0.4, -0.2) is 24.2 Å². The van der Waals surface area contributed by atoms with E-state index in [1.54, 1.807) is 0 Å². The van der Waals surface area contributed by atoms with Crippen LogP contribution in [0.5, 0.6) is 5.75 Å². The molecule has 0 spiro atoms. The van der Waals surface area contributed by atoms with Gasteiger partial charge in [0.05, 0.1) is 0 Å². The maximum absolute atomic E-state index is 11.9. The van der Waals surface area contributed by atoms with Gasteiger partial charge in [-0.1, -0.05) is 109 Å². The first-order chi connectivity index (χ1) is 15.1. The van der Waals surface area contributed by atoms with E-state index in [9.17, 15) is 4.79 Å². The lowest BCUT2D eigenvalue weighted by Gasteiger charge is -2.11. The third-order valence-electron chi connectivity index (χ3n) is 5.52. The topological polar surface area (TPSA) is 50.4 Å². The number of unbranched alkanes of at least 4 members (excludes halogenated alkanes) is 13. The van der Waals surface area contributed by atoms with E-state index in [2.05, 4.69) is 17.6 Å². The van der Waals surface area contributed by atoms with Gasteiger partial charge in [-0.2, -0.15) is 0 Å². The van der Waals surface area contributed by atoms with Crippen molar-refractivity contribution in [2.24, 2.45) is 0 Å². The van der Waals surface area contributed by atoms with Crippen LogP contribution in [0.3, 0.4) is 0 Å². The Labute approximate surface area is 195 Å². The molecular weight excluding hydrogens is 404 g/mol. The van der Waals surface area contributed by atoms with Gasteiger partial charge in [0.2, 0.25) is 0 Å². The fraction of sp³-hybridized carbons (Fsp3) is 0.692. The Bertz CT molecular complexity index is 607. The van der Waals surface area contributed by atoms with Gasteiger partial charge < -0.3 is 15.4 Å². The number of nitrogens with one attached hydrogen (secondary N) is 2. The summed E-state index contributed by atoms with van der Waals surface area (Å²) in [5, 5.41) is 6.17. The predicted octanol–water partition coefficient (Wildman–Crippen LogP) is 6.85. The number of carbonyl (C=O) groups excluding carboxylic acids is 1. The molecule has 0 atom stereocenters. The lowest BCUT2D eigenvalue weighted by molar-refractivity contribution is -0.121. The monoisotopic (exact) mass is 448 g/mol. The molecule has 0 aliphatic rings. The molecular formula is C26H44N2O2S. The van der Waals surface area contributed by atoms with E-state index in [4.69, 9.17) is 17.0 Å². The van der Waals surface area contributed by atoms with E-state index in [1.165, 1.54) is 83.5 Å². The molecule has 0 heterocycles. The molecule has 0 aliphatic carbocycles. The largest absolute Gasteiger partial charge is 0.483 e. The minimum absolute atomic E-state index is 0.0362. The number of hydrogen-bond donors (Lipinski definition) is 2. The lowest BCUT2D eigenvalue weighted by Crippen LogP contribution is -2.41. The Morgan fingerprint density at radius 3 is 1.90 bits per heavy atom. The summed E-state index contributed by atoms with van der Waals surface area (Å²) in [6, 6.07) is 7.65. The fourth-order valence-electron chi connectivity index (χ4n) is 3.59. The van der Waals surface area contributed by atoms with Gasteiger partial charge in [0.15, 0.2) is 11.7 Å². The van der Waals surface area contributed by atoms with Gasteiger partial charge in [0.1, 0.15) is 5.75 Å². The Kier molecular flexibility index (Phi) is 16.9. The van der Waals surface area contributed by atoms with Crippen LogP contribution in [0, 0.1) is 6.92 Å². The zero-order valence-electron chi connectivity index (χ0n) is 19.8. The van der Waals surface area contributed by atoms with Crippen LogP contribution in [0.1, 0.15) is 102 Å². The first-order valence-corrected chi connectivity index (χ1v) is 12.8. The number of aryl methyl sites for hydroxylation is 1. The molecule has 1 aromatic rings. The van der Waals surface area contributed by atoms with Crippen LogP contribution in [0.2, 0.25) is 0 Å². The van der Waals surface area contributed by atoms with E-state index in [1.807, 2.05) is 31.2 Å². The maximum Gasteiger partial charge on any atom is 0.264 e. The van der Waals surface area contributed by atoms with Crippen molar-refractivity contribution >= 4 is 23.2 Å². The van der Waals surface area contributed by atoms with Crippen LogP contribution in [-0.2, 0) is 4.79 Å². The molecule has 1 aromatic carbocycles. The van der Waals surface area contributed by atoms with Crippen LogP contribution < -0.4 is 15.4 Å². The van der Waals surface area contributed by atoms with Crippen LogP contribution >= 0.6 is 12.2 Å². The van der Waals surface area contributed by atoms with Crippen LogP contribution in [0.25, 0.3) is 0 Å².